The van der Waals surface area contributed by atoms with Crippen LogP contribution in [0.15, 0.2) is 30.0 Å². The molecule has 106 valence electrons. The van der Waals surface area contributed by atoms with Gasteiger partial charge in [0.2, 0.25) is 0 Å². The number of rotatable bonds is 5. The van der Waals surface area contributed by atoms with Gasteiger partial charge in [0.1, 0.15) is 11.3 Å². The summed E-state index contributed by atoms with van der Waals surface area (Å²) in [5.74, 6) is 1.07. The molecule has 4 heteroatoms. The standard InChI is InChI=1S/C16H22N4/c17-10-8-15-19-14-7-4-11-18-16(14)20(15)12-9-13-5-2-1-3-6-13/h4-5,7,11H,1-3,6,8-10,12,17H2. The molecule has 0 aromatic carbocycles. The normalized spacial score (nSPS) is 15.6. The maximum Gasteiger partial charge on any atom is 0.159 e. The molecule has 4 nitrogen and oxygen atoms in total. The summed E-state index contributed by atoms with van der Waals surface area (Å²) in [5, 5.41) is 0. The van der Waals surface area contributed by atoms with Crippen molar-refractivity contribution in [1.29, 1.82) is 0 Å². The van der Waals surface area contributed by atoms with Gasteiger partial charge in [-0.2, -0.15) is 0 Å². The van der Waals surface area contributed by atoms with Crippen LogP contribution in [0.3, 0.4) is 0 Å². The summed E-state index contributed by atoms with van der Waals surface area (Å²) in [6.07, 6.45) is 11.4. The molecule has 0 aliphatic heterocycles. The lowest BCUT2D eigenvalue weighted by Crippen LogP contribution is -2.11. The van der Waals surface area contributed by atoms with Crippen molar-refractivity contribution in [3.8, 4) is 0 Å². The summed E-state index contributed by atoms with van der Waals surface area (Å²) >= 11 is 0. The Kier molecular flexibility index (Phi) is 4.11. The molecule has 2 heterocycles. The molecular formula is C16H22N4. The fourth-order valence-corrected chi connectivity index (χ4v) is 2.95. The minimum absolute atomic E-state index is 0.631. The predicted octanol–water partition coefficient (Wildman–Crippen LogP) is 2.82. The van der Waals surface area contributed by atoms with Crippen molar-refractivity contribution in [3.05, 3.63) is 35.8 Å². The first-order valence-electron chi connectivity index (χ1n) is 7.56. The highest BCUT2D eigenvalue weighted by Crippen LogP contribution is 2.22. The van der Waals surface area contributed by atoms with Crippen LogP contribution in [0.1, 0.15) is 37.9 Å². The van der Waals surface area contributed by atoms with Gasteiger partial charge in [0, 0.05) is 19.2 Å². The molecule has 0 spiro atoms. The van der Waals surface area contributed by atoms with Crippen LogP contribution in [0, 0.1) is 0 Å². The van der Waals surface area contributed by atoms with Crippen molar-refractivity contribution in [2.75, 3.05) is 6.54 Å². The molecule has 1 aliphatic rings. The van der Waals surface area contributed by atoms with E-state index in [9.17, 15) is 0 Å². The van der Waals surface area contributed by atoms with Crippen LogP contribution in [0.2, 0.25) is 0 Å². The van der Waals surface area contributed by atoms with Crippen molar-refractivity contribution in [1.82, 2.24) is 14.5 Å². The van der Waals surface area contributed by atoms with E-state index in [4.69, 9.17) is 5.73 Å². The van der Waals surface area contributed by atoms with E-state index >= 15 is 0 Å². The van der Waals surface area contributed by atoms with E-state index in [2.05, 4.69) is 20.6 Å². The zero-order valence-electron chi connectivity index (χ0n) is 11.9. The molecule has 0 radical (unpaired) electrons. The number of nitrogens with two attached hydrogens (primary N) is 1. The molecule has 2 aromatic rings. The van der Waals surface area contributed by atoms with E-state index in [1.165, 1.54) is 25.7 Å². The topological polar surface area (TPSA) is 56.7 Å². The number of aryl methyl sites for hydroxylation is 1. The van der Waals surface area contributed by atoms with Gasteiger partial charge in [-0.25, -0.2) is 9.97 Å². The Hall–Kier alpha value is -1.68. The third-order valence-electron chi connectivity index (χ3n) is 3.99. The molecule has 0 bridgehead atoms. The Labute approximate surface area is 119 Å². The molecule has 2 aromatic heterocycles. The van der Waals surface area contributed by atoms with E-state index < -0.39 is 0 Å². The zero-order valence-corrected chi connectivity index (χ0v) is 11.9. The molecule has 1 aliphatic carbocycles. The largest absolute Gasteiger partial charge is 0.330 e. The van der Waals surface area contributed by atoms with E-state index in [-0.39, 0.29) is 0 Å². The lowest BCUT2D eigenvalue weighted by atomic mass is 9.97. The van der Waals surface area contributed by atoms with Crippen LogP contribution in [0.4, 0.5) is 0 Å². The van der Waals surface area contributed by atoms with Gasteiger partial charge in [-0.15, -0.1) is 0 Å². The Morgan fingerprint density at radius 3 is 3.00 bits per heavy atom. The predicted molar refractivity (Wildman–Crippen MR) is 81.5 cm³/mol. The van der Waals surface area contributed by atoms with Crippen LogP contribution in [-0.4, -0.2) is 21.1 Å². The van der Waals surface area contributed by atoms with Gasteiger partial charge in [0.05, 0.1) is 0 Å². The molecule has 0 saturated carbocycles. The van der Waals surface area contributed by atoms with Crippen molar-refractivity contribution in [3.63, 3.8) is 0 Å². The fourth-order valence-electron chi connectivity index (χ4n) is 2.95. The summed E-state index contributed by atoms with van der Waals surface area (Å²) in [4.78, 5) is 9.16. The van der Waals surface area contributed by atoms with Gasteiger partial charge in [-0.1, -0.05) is 11.6 Å². The number of hydrogen-bond acceptors (Lipinski definition) is 3. The van der Waals surface area contributed by atoms with Crippen molar-refractivity contribution < 1.29 is 0 Å². The third kappa shape index (κ3) is 2.75. The highest BCUT2D eigenvalue weighted by atomic mass is 15.1. The number of hydrogen-bond donors (Lipinski definition) is 1. The first-order valence-corrected chi connectivity index (χ1v) is 7.56. The monoisotopic (exact) mass is 270 g/mol. The second kappa shape index (κ2) is 6.18. The quantitative estimate of drug-likeness (QED) is 0.850. The highest BCUT2D eigenvalue weighted by Gasteiger charge is 2.12. The van der Waals surface area contributed by atoms with Gasteiger partial charge in [0.15, 0.2) is 5.65 Å². The maximum absolute atomic E-state index is 5.71. The van der Waals surface area contributed by atoms with Gasteiger partial charge in [-0.05, 0) is 50.8 Å². The summed E-state index contributed by atoms with van der Waals surface area (Å²) in [6, 6.07) is 3.97. The molecule has 0 fully saturated rings. The molecule has 20 heavy (non-hydrogen) atoms. The third-order valence-corrected chi connectivity index (χ3v) is 3.99. The van der Waals surface area contributed by atoms with Crippen LogP contribution < -0.4 is 5.73 Å². The van der Waals surface area contributed by atoms with Crippen molar-refractivity contribution in [2.45, 2.75) is 45.1 Å². The molecule has 0 atom stereocenters. The van der Waals surface area contributed by atoms with Gasteiger partial charge >= 0.3 is 0 Å². The Bertz CT molecular complexity index is 612. The minimum atomic E-state index is 0.631. The second-order valence-corrected chi connectivity index (χ2v) is 5.42. The van der Waals surface area contributed by atoms with Crippen molar-refractivity contribution in [2.24, 2.45) is 5.73 Å². The number of imidazole rings is 1. The SMILES string of the molecule is NCCc1nc2cccnc2n1CCC1=CCCCC1. The minimum Gasteiger partial charge on any atom is -0.330 e. The summed E-state index contributed by atoms with van der Waals surface area (Å²) in [6.45, 7) is 1.60. The van der Waals surface area contributed by atoms with Crippen LogP contribution in [-0.2, 0) is 13.0 Å². The molecule has 0 unspecified atom stereocenters. The average molecular weight is 270 g/mol. The summed E-state index contributed by atoms with van der Waals surface area (Å²) in [5.41, 5.74) is 9.27. The fraction of sp³-hybridized carbons (Fsp3) is 0.500. The Balaban J connectivity index is 1.84. The smallest absolute Gasteiger partial charge is 0.159 e. The lowest BCUT2D eigenvalue weighted by Gasteiger charge is -2.14. The van der Waals surface area contributed by atoms with Gasteiger partial charge < -0.3 is 10.3 Å². The van der Waals surface area contributed by atoms with Crippen LogP contribution in [0.5, 0.6) is 0 Å². The summed E-state index contributed by atoms with van der Waals surface area (Å²) < 4.78 is 2.25. The highest BCUT2D eigenvalue weighted by molar-refractivity contribution is 5.71. The molecule has 2 N–H and O–H groups in total. The van der Waals surface area contributed by atoms with E-state index in [1.54, 1.807) is 5.57 Å². The average Bonchev–Trinajstić information content (AvgIpc) is 2.84. The van der Waals surface area contributed by atoms with Gasteiger partial charge in [-0.3, -0.25) is 0 Å². The number of fused-ring (bicyclic) bond motifs is 1. The first-order chi connectivity index (χ1) is 9.88. The number of aromatic nitrogens is 3. The molecule has 0 saturated heterocycles. The number of allylic oxidation sites excluding steroid dienone is 2. The van der Waals surface area contributed by atoms with E-state index in [1.807, 2.05) is 18.3 Å². The maximum atomic E-state index is 5.71. The van der Waals surface area contributed by atoms with Crippen LogP contribution >= 0.6 is 0 Å². The molecule has 3 rings (SSSR count). The number of pyridine rings is 1. The zero-order chi connectivity index (χ0) is 13.8. The van der Waals surface area contributed by atoms with E-state index in [0.717, 1.165) is 36.4 Å². The number of nitrogens with zero attached hydrogens (tertiary/aromatic N) is 3. The van der Waals surface area contributed by atoms with Gasteiger partial charge in [0.25, 0.3) is 0 Å². The first kappa shape index (κ1) is 13.3. The second-order valence-electron chi connectivity index (χ2n) is 5.42. The Morgan fingerprint density at radius 1 is 1.25 bits per heavy atom. The van der Waals surface area contributed by atoms with Crippen LogP contribution in [0.25, 0.3) is 11.2 Å². The molecule has 0 amide bonds. The molecular weight excluding hydrogens is 248 g/mol. The lowest BCUT2D eigenvalue weighted by molar-refractivity contribution is 0.613. The summed E-state index contributed by atoms with van der Waals surface area (Å²) in [7, 11) is 0. The van der Waals surface area contributed by atoms with E-state index in [0.29, 0.717) is 6.54 Å². The van der Waals surface area contributed by atoms with Crippen molar-refractivity contribution >= 4 is 11.2 Å². The Morgan fingerprint density at radius 2 is 2.20 bits per heavy atom.